The van der Waals surface area contributed by atoms with Crippen LogP contribution in [0.4, 0.5) is 5.69 Å². The molecule has 1 nitrogen and oxygen atoms in total. The molecule has 0 radical (unpaired) electrons. The molecule has 0 aliphatic rings. The van der Waals surface area contributed by atoms with Gasteiger partial charge in [-0.1, -0.05) is 85.2 Å². The van der Waals surface area contributed by atoms with Gasteiger partial charge >= 0.3 is 0 Å². The first-order valence-corrected chi connectivity index (χ1v) is 15.2. The molecule has 3 heteroatoms. The highest BCUT2D eigenvalue weighted by molar-refractivity contribution is 6.99. The average Bonchev–Trinajstić information content (AvgIpc) is 2.24. The monoisotopic (exact) mass is 321 g/mol. The fraction of sp³-hybridized carbons (Fsp3) is 0.667. The quantitative estimate of drug-likeness (QED) is 0.566. The van der Waals surface area contributed by atoms with Gasteiger partial charge in [0.2, 0.25) is 0 Å². The number of hydrogen-bond donors (Lipinski definition) is 0. The van der Waals surface area contributed by atoms with Crippen LogP contribution in [0.3, 0.4) is 0 Å². The van der Waals surface area contributed by atoms with E-state index in [4.69, 9.17) is 0 Å². The molecule has 0 unspecified atom stereocenters. The van der Waals surface area contributed by atoms with Crippen molar-refractivity contribution in [3.8, 4) is 0 Å². The third-order valence-corrected chi connectivity index (χ3v) is 11.1. The zero-order valence-corrected chi connectivity index (χ0v) is 17.8. The van der Waals surface area contributed by atoms with Gasteiger partial charge in [0.05, 0.1) is 0 Å². The molecule has 0 spiro atoms. The number of benzene rings is 1. The van der Waals surface area contributed by atoms with Crippen LogP contribution in [0, 0.1) is 0 Å². The predicted molar refractivity (Wildman–Crippen MR) is 104 cm³/mol. The lowest BCUT2D eigenvalue weighted by Crippen LogP contribution is -2.60. The second-order valence-electron chi connectivity index (χ2n) is 8.77. The zero-order valence-electron chi connectivity index (χ0n) is 15.8. The van der Waals surface area contributed by atoms with Crippen molar-refractivity contribution in [1.29, 1.82) is 0 Å². The lowest BCUT2D eigenvalue weighted by atomic mass is 9.93. The number of anilines is 1. The molecule has 0 amide bonds. The summed E-state index contributed by atoms with van der Waals surface area (Å²) in [5, 5.41) is 0. The fourth-order valence-corrected chi connectivity index (χ4v) is 13.4. The van der Waals surface area contributed by atoms with Gasteiger partial charge in [-0.2, -0.15) is 0 Å². The molecule has 1 aromatic carbocycles. The van der Waals surface area contributed by atoms with Gasteiger partial charge in [0.25, 0.3) is 0 Å². The molecule has 21 heavy (non-hydrogen) atoms. The zero-order chi connectivity index (χ0) is 16.6. The fourth-order valence-electron chi connectivity index (χ4n) is 3.45. The molecule has 0 aliphatic heterocycles. The van der Waals surface area contributed by atoms with E-state index in [0.717, 1.165) is 0 Å². The van der Waals surface area contributed by atoms with E-state index < -0.39 is 16.5 Å². The molecule has 1 rings (SSSR count). The Morgan fingerprint density at radius 2 is 1.05 bits per heavy atom. The molecule has 0 aromatic heterocycles. The Hall–Kier alpha value is -0.546. The molecule has 0 N–H and O–H groups in total. The van der Waals surface area contributed by atoms with Gasteiger partial charge in [-0.3, -0.25) is 0 Å². The summed E-state index contributed by atoms with van der Waals surface area (Å²) in [4.78, 5) is 0. The third kappa shape index (κ3) is 4.22. The molecule has 0 aliphatic carbocycles. The Balaban J connectivity index is 3.71. The Bertz CT molecular complexity index is 439. The van der Waals surface area contributed by atoms with Crippen molar-refractivity contribution < 1.29 is 0 Å². The summed E-state index contributed by atoms with van der Waals surface area (Å²) in [6, 6.07) is 6.94. The SMILES string of the molecule is CC(C)c1cccc(C(C)C)c1N([Si](C)(C)C)[Si](C)(C)C. The first-order chi connectivity index (χ1) is 9.37. The highest BCUT2D eigenvalue weighted by atomic mass is 28.4. The van der Waals surface area contributed by atoms with Crippen LogP contribution in [0.25, 0.3) is 0 Å². The minimum Gasteiger partial charge on any atom is -0.424 e. The van der Waals surface area contributed by atoms with E-state index in [1.54, 1.807) is 5.69 Å². The molecule has 120 valence electrons. The maximum atomic E-state index is 2.89. The number of nitrogens with zero attached hydrogens (tertiary/aromatic N) is 1. The smallest absolute Gasteiger partial charge is 0.138 e. The molecular weight excluding hydrogens is 286 g/mol. The summed E-state index contributed by atoms with van der Waals surface area (Å²) in [6.45, 7) is 24.3. The van der Waals surface area contributed by atoms with E-state index in [2.05, 4.69) is 89.4 Å². The van der Waals surface area contributed by atoms with Crippen LogP contribution in [0.1, 0.15) is 50.7 Å². The van der Waals surface area contributed by atoms with Crippen LogP contribution >= 0.6 is 0 Å². The van der Waals surface area contributed by atoms with E-state index in [-0.39, 0.29) is 0 Å². The largest absolute Gasteiger partial charge is 0.424 e. The topological polar surface area (TPSA) is 3.24 Å². The Kier molecular flexibility index (Phi) is 5.54. The van der Waals surface area contributed by atoms with Crippen molar-refractivity contribution in [3.05, 3.63) is 29.3 Å². The van der Waals surface area contributed by atoms with Gasteiger partial charge in [0.1, 0.15) is 16.5 Å². The Labute approximate surface area is 134 Å². The van der Waals surface area contributed by atoms with Crippen molar-refractivity contribution >= 4 is 22.2 Å². The third-order valence-electron chi connectivity index (χ3n) is 3.91. The summed E-state index contributed by atoms with van der Waals surface area (Å²) in [5.41, 5.74) is 4.64. The Morgan fingerprint density at radius 1 is 0.714 bits per heavy atom. The minimum atomic E-state index is -1.42. The summed E-state index contributed by atoms with van der Waals surface area (Å²) < 4.78 is 2.89. The number of hydrogen-bond acceptors (Lipinski definition) is 1. The van der Waals surface area contributed by atoms with Gasteiger partial charge in [-0.05, 0) is 23.0 Å². The van der Waals surface area contributed by atoms with E-state index in [1.165, 1.54) is 11.1 Å². The standard InChI is InChI=1S/C18H35NSi2/c1-14(2)16-12-11-13-17(15(3)4)18(16)19(20(5,6)7)21(8,9)10/h11-15H,1-10H3. The maximum absolute atomic E-state index is 2.89. The molecule has 0 bridgehead atoms. The van der Waals surface area contributed by atoms with Crippen LogP contribution < -0.4 is 4.23 Å². The van der Waals surface area contributed by atoms with Gasteiger partial charge in [-0.25, -0.2) is 0 Å². The Morgan fingerprint density at radius 3 is 1.29 bits per heavy atom. The second kappa shape index (κ2) is 6.29. The molecule has 1 aromatic rings. The summed E-state index contributed by atoms with van der Waals surface area (Å²) in [7, 11) is -2.84. The second-order valence-corrected chi connectivity index (χ2v) is 18.8. The van der Waals surface area contributed by atoms with Crippen LogP contribution in [-0.2, 0) is 0 Å². The first-order valence-electron chi connectivity index (χ1n) is 8.30. The number of rotatable bonds is 5. The van der Waals surface area contributed by atoms with E-state index >= 15 is 0 Å². The normalized spacial score (nSPS) is 13.1. The van der Waals surface area contributed by atoms with Crippen LogP contribution in [0.5, 0.6) is 0 Å². The molecule has 0 saturated carbocycles. The van der Waals surface area contributed by atoms with E-state index in [0.29, 0.717) is 11.8 Å². The highest BCUT2D eigenvalue weighted by Crippen LogP contribution is 2.40. The molecule has 0 heterocycles. The molecule has 0 atom stereocenters. The van der Waals surface area contributed by atoms with E-state index in [9.17, 15) is 0 Å². The van der Waals surface area contributed by atoms with Crippen LogP contribution in [0.2, 0.25) is 39.3 Å². The summed E-state index contributed by atoms with van der Waals surface area (Å²) in [5.74, 6) is 1.16. The first kappa shape index (κ1) is 18.5. The van der Waals surface area contributed by atoms with Crippen molar-refractivity contribution in [2.75, 3.05) is 4.23 Å². The lowest BCUT2D eigenvalue weighted by Gasteiger charge is -2.48. The molecular formula is C18H35NSi2. The summed E-state index contributed by atoms with van der Waals surface area (Å²) >= 11 is 0. The van der Waals surface area contributed by atoms with E-state index in [1.807, 2.05) is 0 Å². The molecule has 0 saturated heterocycles. The predicted octanol–water partition coefficient (Wildman–Crippen LogP) is 6.41. The average molecular weight is 322 g/mol. The highest BCUT2D eigenvalue weighted by Gasteiger charge is 2.37. The van der Waals surface area contributed by atoms with Gasteiger partial charge in [0.15, 0.2) is 0 Å². The van der Waals surface area contributed by atoms with Crippen molar-refractivity contribution in [2.45, 2.75) is 78.8 Å². The van der Waals surface area contributed by atoms with Gasteiger partial charge in [0, 0.05) is 5.69 Å². The maximum Gasteiger partial charge on any atom is 0.138 e. The van der Waals surface area contributed by atoms with Crippen LogP contribution in [-0.4, -0.2) is 16.5 Å². The van der Waals surface area contributed by atoms with Crippen molar-refractivity contribution in [2.24, 2.45) is 0 Å². The van der Waals surface area contributed by atoms with Crippen molar-refractivity contribution in [1.82, 2.24) is 0 Å². The minimum absolute atomic E-state index is 0.578. The van der Waals surface area contributed by atoms with Crippen molar-refractivity contribution in [3.63, 3.8) is 0 Å². The van der Waals surface area contributed by atoms with Crippen LogP contribution in [0.15, 0.2) is 18.2 Å². The van der Waals surface area contributed by atoms with Gasteiger partial charge in [-0.15, -0.1) is 0 Å². The molecule has 0 fully saturated rings. The lowest BCUT2D eigenvalue weighted by molar-refractivity contribution is 0.834. The van der Waals surface area contributed by atoms with Gasteiger partial charge < -0.3 is 4.23 Å². The number of para-hydroxylation sites is 1. The summed E-state index contributed by atoms with van der Waals surface area (Å²) in [6.07, 6.45) is 0.